The molecule has 0 bridgehead atoms. The van der Waals surface area contributed by atoms with Crippen LogP contribution in [-0.4, -0.2) is 62.7 Å². The Kier molecular flexibility index (Phi) is 8.88. The Balaban J connectivity index is 1.21. The molecule has 0 saturated carbocycles. The van der Waals surface area contributed by atoms with Crippen LogP contribution < -0.4 is 5.32 Å². The zero-order valence-corrected chi connectivity index (χ0v) is 27.1. The SMILES string of the molecule is CC(C)(C)C1CCc2nc3sc(C(=O)NC(CCN4CCC(O)CC4)c4ccc(-c5csc(C(=O)O)c5)cc4)nc3cc2C1. The highest BCUT2D eigenvalue weighted by Gasteiger charge is 2.30. The molecule has 0 radical (unpaired) electrons. The Hall–Kier alpha value is -3.18. The Morgan fingerprint density at radius 3 is 2.50 bits per heavy atom. The third kappa shape index (κ3) is 6.88. The van der Waals surface area contributed by atoms with E-state index in [4.69, 9.17) is 9.97 Å². The van der Waals surface area contributed by atoms with E-state index < -0.39 is 5.97 Å². The van der Waals surface area contributed by atoms with Gasteiger partial charge in [-0.05, 0) is 89.6 Å². The molecule has 1 amide bonds. The Morgan fingerprint density at radius 1 is 1.07 bits per heavy atom. The van der Waals surface area contributed by atoms with Crippen LogP contribution >= 0.6 is 22.7 Å². The Bertz CT molecular complexity index is 1650. The number of aliphatic hydroxyl groups excluding tert-OH is 1. The minimum Gasteiger partial charge on any atom is -0.477 e. The number of pyridine rings is 1. The fraction of sp³-hybridized carbons (Fsp3) is 0.471. The molecule has 1 saturated heterocycles. The monoisotopic (exact) mass is 632 g/mol. The number of aliphatic hydroxyl groups is 1. The van der Waals surface area contributed by atoms with Crippen molar-refractivity contribution in [2.75, 3.05) is 19.6 Å². The van der Waals surface area contributed by atoms with Crippen LogP contribution in [0.25, 0.3) is 21.5 Å². The van der Waals surface area contributed by atoms with E-state index in [2.05, 4.69) is 37.1 Å². The number of amides is 1. The van der Waals surface area contributed by atoms with Crippen LogP contribution in [-0.2, 0) is 12.8 Å². The van der Waals surface area contributed by atoms with E-state index in [9.17, 15) is 19.8 Å². The molecule has 8 nitrogen and oxygen atoms in total. The fourth-order valence-electron chi connectivity index (χ4n) is 6.35. The summed E-state index contributed by atoms with van der Waals surface area (Å²) in [5.74, 6) is -0.527. The molecule has 1 fully saturated rings. The maximum atomic E-state index is 13.7. The molecule has 4 heterocycles. The van der Waals surface area contributed by atoms with Gasteiger partial charge in [0.15, 0.2) is 5.01 Å². The predicted octanol–water partition coefficient (Wildman–Crippen LogP) is 6.59. The van der Waals surface area contributed by atoms with Crippen molar-refractivity contribution in [3.8, 4) is 11.1 Å². The summed E-state index contributed by atoms with van der Waals surface area (Å²) < 4.78 is 0. The smallest absolute Gasteiger partial charge is 0.345 e. The second-order valence-electron chi connectivity index (χ2n) is 13.3. The number of likely N-dealkylation sites (tertiary alicyclic amines) is 1. The molecule has 0 spiro atoms. The molecule has 10 heteroatoms. The van der Waals surface area contributed by atoms with Crippen LogP contribution in [0.3, 0.4) is 0 Å². The van der Waals surface area contributed by atoms with Gasteiger partial charge in [-0.15, -0.1) is 11.3 Å². The summed E-state index contributed by atoms with van der Waals surface area (Å²) in [6, 6.07) is 11.6. The number of rotatable bonds is 8. The van der Waals surface area contributed by atoms with Crippen LogP contribution in [0, 0.1) is 11.3 Å². The van der Waals surface area contributed by atoms with Gasteiger partial charge in [0.2, 0.25) is 0 Å². The molecule has 232 valence electrons. The van der Waals surface area contributed by atoms with Crippen molar-refractivity contribution < 1.29 is 19.8 Å². The van der Waals surface area contributed by atoms with Crippen LogP contribution in [0.15, 0.2) is 41.8 Å². The highest BCUT2D eigenvalue weighted by Crippen LogP contribution is 2.38. The summed E-state index contributed by atoms with van der Waals surface area (Å²) in [5, 5.41) is 24.8. The van der Waals surface area contributed by atoms with Gasteiger partial charge in [-0.2, -0.15) is 0 Å². The normalized spacial score (nSPS) is 18.7. The van der Waals surface area contributed by atoms with Crippen molar-refractivity contribution in [3.05, 3.63) is 68.5 Å². The van der Waals surface area contributed by atoms with Gasteiger partial charge in [0.05, 0.1) is 12.1 Å². The van der Waals surface area contributed by atoms with E-state index in [0.717, 1.165) is 84.5 Å². The number of carboxylic acid groups (broad SMARTS) is 1. The second-order valence-corrected chi connectivity index (χ2v) is 15.1. The molecular formula is C34H40N4O4S2. The first kappa shape index (κ1) is 30.8. The molecule has 3 aromatic heterocycles. The lowest BCUT2D eigenvalue weighted by Crippen LogP contribution is -2.38. The van der Waals surface area contributed by atoms with Gasteiger partial charge in [0.25, 0.3) is 5.91 Å². The van der Waals surface area contributed by atoms with Crippen molar-refractivity contribution in [3.63, 3.8) is 0 Å². The standard InChI is InChI=1S/C34H40N4O4S2/c1-34(2,3)24-8-9-26-22(16-24)17-28-31(36-26)44-32(37-28)30(40)35-27(12-15-38-13-10-25(39)11-14-38)21-6-4-20(5-7-21)23-18-29(33(41)42)43-19-23/h4-7,17-19,24-25,27,39H,8-16H2,1-3H3,(H,35,40)(H,41,42). The molecular weight excluding hydrogens is 593 g/mol. The number of piperidine rings is 1. The average molecular weight is 633 g/mol. The summed E-state index contributed by atoms with van der Waals surface area (Å²) in [6.07, 6.45) is 5.11. The van der Waals surface area contributed by atoms with Crippen molar-refractivity contribution in [1.29, 1.82) is 0 Å². The molecule has 3 N–H and O–H groups in total. The van der Waals surface area contributed by atoms with Gasteiger partial charge in [-0.3, -0.25) is 4.79 Å². The summed E-state index contributed by atoms with van der Waals surface area (Å²) in [4.78, 5) is 38.2. The van der Waals surface area contributed by atoms with Gasteiger partial charge in [0, 0.05) is 25.3 Å². The van der Waals surface area contributed by atoms with E-state index in [1.807, 2.05) is 29.6 Å². The van der Waals surface area contributed by atoms with Crippen LogP contribution in [0.1, 0.15) is 88.8 Å². The van der Waals surface area contributed by atoms with Crippen molar-refractivity contribution in [2.45, 2.75) is 71.4 Å². The number of aromatic carboxylic acids is 1. The van der Waals surface area contributed by atoms with Crippen LogP contribution in [0.2, 0.25) is 0 Å². The number of aryl methyl sites for hydroxylation is 1. The third-order valence-corrected chi connectivity index (χ3v) is 11.1. The summed E-state index contributed by atoms with van der Waals surface area (Å²) >= 11 is 2.57. The van der Waals surface area contributed by atoms with Gasteiger partial charge in [-0.25, -0.2) is 14.8 Å². The maximum Gasteiger partial charge on any atom is 0.345 e. The first-order chi connectivity index (χ1) is 21.0. The molecule has 4 aromatic rings. The summed E-state index contributed by atoms with van der Waals surface area (Å²) in [7, 11) is 0. The number of nitrogens with zero attached hydrogens (tertiary/aromatic N) is 3. The zero-order valence-electron chi connectivity index (χ0n) is 25.5. The molecule has 44 heavy (non-hydrogen) atoms. The number of nitrogens with one attached hydrogen (secondary N) is 1. The lowest BCUT2D eigenvalue weighted by Gasteiger charge is -2.34. The predicted molar refractivity (Wildman–Crippen MR) is 176 cm³/mol. The highest BCUT2D eigenvalue weighted by molar-refractivity contribution is 7.19. The van der Waals surface area contributed by atoms with Gasteiger partial charge >= 0.3 is 5.97 Å². The number of hydrogen-bond donors (Lipinski definition) is 3. The number of aromatic nitrogens is 2. The number of fused-ring (bicyclic) bond motifs is 2. The third-order valence-electron chi connectivity index (χ3n) is 9.22. The molecule has 6 rings (SSSR count). The molecule has 2 unspecified atom stereocenters. The summed E-state index contributed by atoms with van der Waals surface area (Å²) in [6.45, 7) is 9.39. The first-order valence-electron chi connectivity index (χ1n) is 15.5. The number of thiazole rings is 1. The zero-order chi connectivity index (χ0) is 31.0. The maximum absolute atomic E-state index is 13.7. The average Bonchev–Trinajstić information content (AvgIpc) is 3.66. The minimum absolute atomic E-state index is 0.203. The summed E-state index contributed by atoms with van der Waals surface area (Å²) in [5.41, 5.74) is 6.21. The molecule has 1 aliphatic carbocycles. The lowest BCUT2D eigenvalue weighted by molar-refractivity contribution is 0.0701. The molecule has 1 aliphatic heterocycles. The van der Waals surface area contributed by atoms with E-state index in [0.29, 0.717) is 22.2 Å². The molecule has 1 aromatic carbocycles. The van der Waals surface area contributed by atoms with Gasteiger partial charge in [-0.1, -0.05) is 56.4 Å². The number of carboxylic acids is 1. The second kappa shape index (κ2) is 12.7. The number of benzene rings is 1. The van der Waals surface area contributed by atoms with E-state index in [-0.39, 0.29) is 23.5 Å². The fourth-order valence-corrected chi connectivity index (χ4v) is 7.95. The highest BCUT2D eigenvalue weighted by atomic mass is 32.1. The minimum atomic E-state index is -0.926. The van der Waals surface area contributed by atoms with Crippen LogP contribution in [0.4, 0.5) is 0 Å². The number of hydrogen-bond acceptors (Lipinski definition) is 8. The van der Waals surface area contributed by atoms with Gasteiger partial charge < -0.3 is 20.4 Å². The number of carbonyl (C=O) groups excluding carboxylic acids is 1. The van der Waals surface area contributed by atoms with Crippen molar-refractivity contribution >= 4 is 44.9 Å². The van der Waals surface area contributed by atoms with E-state index in [1.54, 1.807) is 6.07 Å². The largest absolute Gasteiger partial charge is 0.477 e. The molecule has 2 atom stereocenters. The topological polar surface area (TPSA) is 116 Å². The van der Waals surface area contributed by atoms with Crippen molar-refractivity contribution in [2.24, 2.45) is 11.3 Å². The van der Waals surface area contributed by atoms with E-state index >= 15 is 0 Å². The van der Waals surface area contributed by atoms with Crippen LogP contribution in [0.5, 0.6) is 0 Å². The quantitative estimate of drug-likeness (QED) is 0.201. The van der Waals surface area contributed by atoms with Gasteiger partial charge in [0.1, 0.15) is 15.2 Å². The number of thiophene rings is 1. The lowest BCUT2D eigenvalue weighted by atomic mass is 9.71. The van der Waals surface area contributed by atoms with E-state index in [1.165, 1.54) is 28.2 Å². The Morgan fingerprint density at radius 2 is 1.82 bits per heavy atom. The number of carbonyl (C=O) groups is 2. The first-order valence-corrected chi connectivity index (χ1v) is 17.2. The van der Waals surface area contributed by atoms with Crippen molar-refractivity contribution in [1.82, 2.24) is 20.2 Å². The molecule has 2 aliphatic rings. The Labute approximate surface area is 266 Å².